The summed E-state index contributed by atoms with van der Waals surface area (Å²) in [4.78, 5) is 25.2. The lowest BCUT2D eigenvalue weighted by molar-refractivity contribution is -0.131. The van der Waals surface area contributed by atoms with Gasteiger partial charge in [0.2, 0.25) is 11.8 Å². The van der Waals surface area contributed by atoms with E-state index in [2.05, 4.69) is 10.6 Å². The molecular weight excluding hydrogens is 324 g/mol. The van der Waals surface area contributed by atoms with Gasteiger partial charge in [-0.25, -0.2) is 0 Å². The van der Waals surface area contributed by atoms with Gasteiger partial charge in [-0.2, -0.15) is 0 Å². The molecule has 2 N–H and O–H groups in total. The maximum absolute atomic E-state index is 12.7. The Morgan fingerprint density at radius 3 is 2.25 bits per heavy atom. The van der Waals surface area contributed by atoms with Gasteiger partial charge >= 0.3 is 0 Å². The summed E-state index contributed by atoms with van der Waals surface area (Å²) in [5, 5.41) is 6.33. The predicted octanol–water partition coefficient (Wildman–Crippen LogP) is 4.26. The van der Waals surface area contributed by atoms with Crippen LogP contribution < -0.4 is 10.6 Å². The Hall–Kier alpha value is -2.33. The fourth-order valence-electron chi connectivity index (χ4n) is 2.66. The van der Waals surface area contributed by atoms with Gasteiger partial charge in [-0.1, -0.05) is 36.7 Å². The monoisotopic (exact) mass is 342 g/mol. The topological polar surface area (TPSA) is 58.2 Å². The summed E-state index contributed by atoms with van der Waals surface area (Å²) in [5.41, 5.74) is 1.49. The molecular formula is C19H19ClN2O2. The van der Waals surface area contributed by atoms with E-state index in [1.807, 2.05) is 31.2 Å². The van der Waals surface area contributed by atoms with E-state index in [9.17, 15) is 9.59 Å². The molecule has 24 heavy (non-hydrogen) atoms. The van der Waals surface area contributed by atoms with E-state index in [1.165, 1.54) is 0 Å². The minimum absolute atomic E-state index is 0.241. The Morgan fingerprint density at radius 2 is 1.62 bits per heavy atom. The van der Waals surface area contributed by atoms with E-state index in [0.29, 0.717) is 23.6 Å². The van der Waals surface area contributed by atoms with Crippen molar-refractivity contribution in [2.75, 3.05) is 10.6 Å². The Morgan fingerprint density at radius 1 is 1.00 bits per heavy atom. The molecule has 1 aliphatic rings. The average molecular weight is 343 g/mol. The zero-order valence-electron chi connectivity index (χ0n) is 13.4. The number of aryl methyl sites for hydroxylation is 1. The first-order valence-corrected chi connectivity index (χ1v) is 8.39. The van der Waals surface area contributed by atoms with Gasteiger partial charge < -0.3 is 10.6 Å². The molecule has 4 nitrogen and oxygen atoms in total. The van der Waals surface area contributed by atoms with E-state index >= 15 is 0 Å². The van der Waals surface area contributed by atoms with Crippen LogP contribution in [0.25, 0.3) is 0 Å². The van der Waals surface area contributed by atoms with Gasteiger partial charge in [0.15, 0.2) is 0 Å². The number of para-hydroxylation sites is 1. The number of anilines is 2. The highest BCUT2D eigenvalue weighted by atomic mass is 35.5. The fraction of sp³-hybridized carbons (Fsp3) is 0.263. The number of nitrogens with one attached hydrogen (secondary N) is 2. The number of rotatable bonds is 5. The second-order valence-electron chi connectivity index (χ2n) is 6.01. The number of halogens is 1. The third-order valence-corrected chi connectivity index (χ3v) is 4.62. The van der Waals surface area contributed by atoms with Crippen LogP contribution in [0.5, 0.6) is 0 Å². The van der Waals surface area contributed by atoms with Crippen LogP contribution in [0.15, 0.2) is 48.5 Å². The lowest BCUT2D eigenvalue weighted by Gasteiger charge is -2.17. The van der Waals surface area contributed by atoms with Crippen LogP contribution in [0.4, 0.5) is 11.4 Å². The zero-order chi connectivity index (χ0) is 17.2. The van der Waals surface area contributed by atoms with Crippen molar-refractivity contribution >= 4 is 34.8 Å². The number of benzene rings is 2. The lowest BCUT2D eigenvalue weighted by atomic mass is 10.0. The van der Waals surface area contributed by atoms with Gasteiger partial charge in [0.05, 0.1) is 0 Å². The smallest absolute Gasteiger partial charge is 0.240 e. The summed E-state index contributed by atoms with van der Waals surface area (Å²) < 4.78 is 0. The normalized spacial score (nSPS) is 14.8. The summed E-state index contributed by atoms with van der Waals surface area (Å²) in [6.07, 6.45) is 1.94. The Kier molecular flexibility index (Phi) is 4.58. The molecule has 124 valence electrons. The van der Waals surface area contributed by atoms with Crippen LogP contribution in [-0.2, 0) is 16.0 Å². The number of hydrogen-bond acceptors (Lipinski definition) is 2. The quantitative estimate of drug-likeness (QED) is 0.798. The number of hydrogen-bond donors (Lipinski definition) is 2. The van der Waals surface area contributed by atoms with Crippen molar-refractivity contribution in [2.24, 2.45) is 5.41 Å². The summed E-state index contributed by atoms with van der Waals surface area (Å²) in [6, 6.07) is 14.5. The molecule has 0 aliphatic heterocycles. The van der Waals surface area contributed by atoms with E-state index in [4.69, 9.17) is 11.6 Å². The first-order chi connectivity index (χ1) is 11.5. The van der Waals surface area contributed by atoms with Crippen LogP contribution in [-0.4, -0.2) is 11.8 Å². The molecule has 1 saturated carbocycles. The van der Waals surface area contributed by atoms with Gasteiger partial charge in [0.25, 0.3) is 0 Å². The second-order valence-corrected chi connectivity index (χ2v) is 6.44. The molecule has 0 radical (unpaired) electrons. The first-order valence-electron chi connectivity index (χ1n) is 8.01. The molecule has 1 fully saturated rings. The maximum atomic E-state index is 12.7. The third-order valence-electron chi connectivity index (χ3n) is 4.37. The molecule has 0 unspecified atom stereocenters. The van der Waals surface area contributed by atoms with Crippen molar-refractivity contribution in [2.45, 2.75) is 26.2 Å². The lowest BCUT2D eigenvalue weighted by Crippen LogP contribution is -2.35. The summed E-state index contributed by atoms with van der Waals surface area (Å²) in [6.45, 7) is 2.03. The van der Waals surface area contributed by atoms with Crippen molar-refractivity contribution in [3.05, 3.63) is 59.1 Å². The first kappa shape index (κ1) is 16.5. The second kappa shape index (κ2) is 6.65. The molecule has 1 aliphatic carbocycles. The van der Waals surface area contributed by atoms with Crippen LogP contribution in [0.2, 0.25) is 5.02 Å². The number of carbonyl (C=O) groups is 2. The van der Waals surface area contributed by atoms with E-state index in [1.54, 1.807) is 24.3 Å². The summed E-state index contributed by atoms with van der Waals surface area (Å²) in [5.74, 6) is -0.508. The third kappa shape index (κ3) is 3.29. The van der Waals surface area contributed by atoms with Crippen LogP contribution >= 0.6 is 11.6 Å². The van der Waals surface area contributed by atoms with Crippen molar-refractivity contribution < 1.29 is 9.59 Å². The highest BCUT2D eigenvalue weighted by Gasteiger charge is 2.56. The van der Waals surface area contributed by atoms with Gasteiger partial charge in [-0.15, -0.1) is 0 Å². The molecule has 0 atom stereocenters. The molecule has 0 saturated heterocycles. The molecule has 2 amide bonds. The molecule has 0 heterocycles. The largest absolute Gasteiger partial charge is 0.325 e. The van der Waals surface area contributed by atoms with Crippen molar-refractivity contribution in [1.29, 1.82) is 0 Å². The molecule has 0 bridgehead atoms. The Labute approximate surface area is 146 Å². The van der Waals surface area contributed by atoms with Crippen LogP contribution in [0.3, 0.4) is 0 Å². The van der Waals surface area contributed by atoms with Crippen molar-refractivity contribution in [1.82, 2.24) is 0 Å². The van der Waals surface area contributed by atoms with Crippen molar-refractivity contribution in [3.8, 4) is 0 Å². The Balaban J connectivity index is 1.71. The number of amides is 2. The molecule has 3 rings (SSSR count). The minimum atomic E-state index is -0.972. The van der Waals surface area contributed by atoms with Crippen LogP contribution in [0.1, 0.15) is 25.3 Å². The van der Waals surface area contributed by atoms with Gasteiger partial charge in [-0.05, 0) is 55.2 Å². The highest BCUT2D eigenvalue weighted by Crippen LogP contribution is 2.47. The standard InChI is InChI=1S/C19H19ClN2O2/c1-2-13-5-3-4-6-16(13)22-18(24)19(11-12-19)17(23)21-15-9-7-14(20)8-10-15/h3-10H,2,11-12H2,1H3,(H,21,23)(H,22,24). The highest BCUT2D eigenvalue weighted by molar-refractivity contribution is 6.30. The maximum Gasteiger partial charge on any atom is 0.240 e. The molecule has 2 aromatic carbocycles. The molecule has 5 heteroatoms. The van der Waals surface area contributed by atoms with Crippen LogP contribution in [0, 0.1) is 5.41 Å². The SMILES string of the molecule is CCc1ccccc1NC(=O)C1(C(=O)Nc2ccc(Cl)cc2)CC1. The van der Waals surface area contributed by atoms with Gasteiger partial charge in [-0.3, -0.25) is 9.59 Å². The summed E-state index contributed by atoms with van der Waals surface area (Å²) in [7, 11) is 0. The van der Waals surface area contributed by atoms with E-state index in [0.717, 1.165) is 17.7 Å². The Bertz CT molecular complexity index is 767. The molecule has 0 aromatic heterocycles. The summed E-state index contributed by atoms with van der Waals surface area (Å²) >= 11 is 5.84. The zero-order valence-corrected chi connectivity index (χ0v) is 14.2. The molecule has 2 aromatic rings. The molecule has 0 spiro atoms. The number of carbonyl (C=O) groups excluding carboxylic acids is 2. The van der Waals surface area contributed by atoms with Gasteiger partial charge in [0.1, 0.15) is 5.41 Å². The van der Waals surface area contributed by atoms with Crippen molar-refractivity contribution in [3.63, 3.8) is 0 Å². The predicted molar refractivity (Wildman–Crippen MR) is 96.2 cm³/mol. The average Bonchev–Trinajstić information content (AvgIpc) is 3.39. The fourth-order valence-corrected chi connectivity index (χ4v) is 2.78. The van der Waals surface area contributed by atoms with E-state index in [-0.39, 0.29) is 11.8 Å². The van der Waals surface area contributed by atoms with E-state index < -0.39 is 5.41 Å². The minimum Gasteiger partial charge on any atom is -0.325 e. The van der Waals surface area contributed by atoms with Gasteiger partial charge in [0, 0.05) is 16.4 Å².